The van der Waals surface area contributed by atoms with Gasteiger partial charge in [-0.3, -0.25) is 9.56 Å². The van der Waals surface area contributed by atoms with Gasteiger partial charge in [0.1, 0.15) is 18.7 Å². The van der Waals surface area contributed by atoms with E-state index in [1.165, 1.54) is 0 Å². The van der Waals surface area contributed by atoms with Crippen molar-refractivity contribution in [2.24, 2.45) is 4.99 Å². The molecule has 0 saturated carbocycles. The van der Waals surface area contributed by atoms with Crippen LogP contribution in [0.4, 0.5) is 0 Å². The van der Waals surface area contributed by atoms with E-state index in [1.54, 1.807) is 6.33 Å². The van der Waals surface area contributed by atoms with Crippen LogP contribution in [0.1, 0.15) is 11.4 Å². The van der Waals surface area contributed by atoms with Crippen LogP contribution in [0.2, 0.25) is 0 Å². The van der Waals surface area contributed by atoms with Crippen LogP contribution in [0.25, 0.3) is 5.69 Å². The highest BCUT2D eigenvalue weighted by Crippen LogP contribution is 2.22. The van der Waals surface area contributed by atoms with Gasteiger partial charge in [0, 0.05) is 18.7 Å². The molecular formula is C14H15N5O. The van der Waals surface area contributed by atoms with Crippen LogP contribution in [0, 0.1) is 0 Å². The van der Waals surface area contributed by atoms with Gasteiger partial charge in [0.05, 0.1) is 18.9 Å². The molecule has 20 heavy (non-hydrogen) atoms. The maximum atomic E-state index is 5.43. The van der Waals surface area contributed by atoms with Gasteiger partial charge in [-0.1, -0.05) is 12.1 Å². The number of hydrogen-bond acceptors (Lipinski definition) is 5. The second-order valence-electron chi connectivity index (χ2n) is 4.87. The van der Waals surface area contributed by atoms with Crippen molar-refractivity contribution in [2.45, 2.75) is 6.54 Å². The molecule has 4 rings (SSSR count). The quantitative estimate of drug-likeness (QED) is 0.712. The molecule has 0 bridgehead atoms. The van der Waals surface area contributed by atoms with E-state index in [-0.39, 0.29) is 0 Å². The molecule has 0 aliphatic carbocycles. The fourth-order valence-corrected chi connectivity index (χ4v) is 2.72. The monoisotopic (exact) mass is 269 g/mol. The van der Waals surface area contributed by atoms with E-state index in [1.807, 2.05) is 16.7 Å². The lowest BCUT2D eigenvalue weighted by atomic mass is 10.1. The summed E-state index contributed by atoms with van der Waals surface area (Å²) >= 11 is 0. The number of hydrogen-bond donors (Lipinski definition) is 0. The standard InChI is InChI=1S/C14H15N5O/c1-2-4-12-11(3-1)14(18-5-7-20-8-6-18)15-9-13-17-16-10-19(12)13/h1-4,10H,5-9H2. The first-order valence-corrected chi connectivity index (χ1v) is 6.79. The Balaban J connectivity index is 1.84. The minimum atomic E-state index is 0.557. The average molecular weight is 269 g/mol. The number of nitrogens with zero attached hydrogens (tertiary/aromatic N) is 5. The van der Waals surface area contributed by atoms with Gasteiger partial charge in [0.15, 0.2) is 5.82 Å². The van der Waals surface area contributed by atoms with Crippen molar-refractivity contribution >= 4 is 5.84 Å². The lowest BCUT2D eigenvalue weighted by Crippen LogP contribution is -2.41. The Morgan fingerprint density at radius 1 is 1.10 bits per heavy atom. The molecule has 6 nitrogen and oxygen atoms in total. The Morgan fingerprint density at radius 2 is 1.95 bits per heavy atom. The van der Waals surface area contributed by atoms with Gasteiger partial charge in [-0.05, 0) is 12.1 Å². The van der Waals surface area contributed by atoms with Gasteiger partial charge < -0.3 is 9.64 Å². The summed E-state index contributed by atoms with van der Waals surface area (Å²) in [5.74, 6) is 1.91. The van der Waals surface area contributed by atoms with Crippen molar-refractivity contribution < 1.29 is 4.74 Å². The summed E-state index contributed by atoms with van der Waals surface area (Å²) in [6.07, 6.45) is 1.76. The van der Waals surface area contributed by atoms with Crippen molar-refractivity contribution in [1.82, 2.24) is 19.7 Å². The summed E-state index contributed by atoms with van der Waals surface area (Å²) in [5, 5.41) is 8.15. The number of para-hydroxylation sites is 1. The minimum absolute atomic E-state index is 0.557. The number of aliphatic imine (C=N–C) groups is 1. The number of aromatic nitrogens is 3. The molecule has 0 radical (unpaired) electrons. The lowest BCUT2D eigenvalue weighted by Gasteiger charge is -2.30. The van der Waals surface area contributed by atoms with Gasteiger partial charge in [-0.25, -0.2) is 0 Å². The van der Waals surface area contributed by atoms with Crippen LogP contribution < -0.4 is 0 Å². The molecule has 3 heterocycles. The molecule has 1 saturated heterocycles. The maximum absolute atomic E-state index is 5.43. The van der Waals surface area contributed by atoms with Gasteiger partial charge in [-0.15, -0.1) is 10.2 Å². The fraction of sp³-hybridized carbons (Fsp3) is 0.357. The van der Waals surface area contributed by atoms with E-state index in [2.05, 4.69) is 27.2 Å². The predicted octanol–water partition coefficient (Wildman–Crippen LogP) is 0.860. The molecule has 1 aromatic heterocycles. The summed E-state index contributed by atoms with van der Waals surface area (Å²) < 4.78 is 7.45. The summed E-state index contributed by atoms with van der Waals surface area (Å²) in [6.45, 7) is 3.84. The third-order valence-corrected chi connectivity index (χ3v) is 3.70. The zero-order chi connectivity index (χ0) is 13.4. The van der Waals surface area contributed by atoms with Crippen molar-refractivity contribution in [1.29, 1.82) is 0 Å². The van der Waals surface area contributed by atoms with E-state index < -0.39 is 0 Å². The highest BCUT2D eigenvalue weighted by Gasteiger charge is 2.23. The van der Waals surface area contributed by atoms with Gasteiger partial charge in [0.25, 0.3) is 0 Å². The number of benzene rings is 1. The van der Waals surface area contributed by atoms with Crippen molar-refractivity contribution in [2.75, 3.05) is 26.3 Å². The zero-order valence-corrected chi connectivity index (χ0v) is 11.1. The molecule has 0 N–H and O–H groups in total. The average Bonchev–Trinajstić information content (AvgIpc) is 2.92. The van der Waals surface area contributed by atoms with Crippen LogP contribution in [-0.4, -0.2) is 51.8 Å². The molecule has 0 amide bonds. The fourth-order valence-electron chi connectivity index (χ4n) is 2.72. The summed E-state index contributed by atoms with van der Waals surface area (Å²) in [4.78, 5) is 7.06. The first-order chi connectivity index (χ1) is 9.93. The van der Waals surface area contributed by atoms with Crippen molar-refractivity contribution in [3.8, 4) is 5.69 Å². The molecule has 102 valence electrons. The normalized spacial score (nSPS) is 18.0. The molecule has 2 aliphatic heterocycles. The molecule has 0 spiro atoms. The highest BCUT2D eigenvalue weighted by atomic mass is 16.5. The third-order valence-electron chi connectivity index (χ3n) is 3.70. The second kappa shape index (κ2) is 4.72. The Bertz CT molecular complexity index is 657. The lowest BCUT2D eigenvalue weighted by molar-refractivity contribution is 0.0682. The maximum Gasteiger partial charge on any atom is 0.159 e. The Labute approximate surface area is 116 Å². The van der Waals surface area contributed by atoms with Gasteiger partial charge in [0.2, 0.25) is 0 Å². The topological polar surface area (TPSA) is 55.5 Å². The first-order valence-electron chi connectivity index (χ1n) is 6.79. The molecule has 2 aromatic rings. The van der Waals surface area contributed by atoms with Crippen LogP contribution in [-0.2, 0) is 11.3 Å². The van der Waals surface area contributed by atoms with Crippen LogP contribution >= 0.6 is 0 Å². The van der Waals surface area contributed by atoms with Crippen LogP contribution in [0.5, 0.6) is 0 Å². The molecule has 0 atom stereocenters. The minimum Gasteiger partial charge on any atom is -0.378 e. The van der Waals surface area contributed by atoms with Crippen molar-refractivity contribution in [3.05, 3.63) is 42.0 Å². The molecule has 6 heteroatoms. The largest absolute Gasteiger partial charge is 0.378 e. The molecule has 1 aromatic carbocycles. The van der Waals surface area contributed by atoms with Crippen LogP contribution in [0.15, 0.2) is 35.6 Å². The highest BCUT2D eigenvalue weighted by molar-refractivity contribution is 6.02. The summed E-state index contributed by atoms with van der Waals surface area (Å²) in [5.41, 5.74) is 2.23. The number of amidine groups is 1. The molecule has 1 fully saturated rings. The Morgan fingerprint density at radius 3 is 2.85 bits per heavy atom. The predicted molar refractivity (Wildman–Crippen MR) is 74.0 cm³/mol. The van der Waals surface area contributed by atoms with Crippen LogP contribution in [0.3, 0.4) is 0 Å². The molecule has 2 aliphatic rings. The number of morpholine rings is 1. The van der Waals surface area contributed by atoms with E-state index in [9.17, 15) is 0 Å². The number of ether oxygens (including phenoxy) is 1. The van der Waals surface area contributed by atoms with E-state index in [0.717, 1.165) is 49.2 Å². The van der Waals surface area contributed by atoms with E-state index >= 15 is 0 Å². The van der Waals surface area contributed by atoms with E-state index in [4.69, 9.17) is 9.73 Å². The Kier molecular flexibility index (Phi) is 2.74. The summed E-state index contributed by atoms with van der Waals surface area (Å²) in [7, 11) is 0. The summed E-state index contributed by atoms with van der Waals surface area (Å²) in [6, 6.07) is 8.28. The smallest absolute Gasteiger partial charge is 0.159 e. The SMILES string of the molecule is c1ccc2c(c1)C(N1CCOCC1)=NCc1nncn1-2. The first kappa shape index (κ1) is 11.6. The number of fused-ring (bicyclic) bond motifs is 3. The Hall–Kier alpha value is -2.21. The van der Waals surface area contributed by atoms with E-state index in [0.29, 0.717) is 6.54 Å². The van der Waals surface area contributed by atoms with Crippen molar-refractivity contribution in [3.63, 3.8) is 0 Å². The second-order valence-corrected chi connectivity index (χ2v) is 4.87. The third kappa shape index (κ3) is 1.80. The molecule has 0 unspecified atom stereocenters. The van der Waals surface area contributed by atoms with Gasteiger partial charge in [-0.2, -0.15) is 0 Å². The molecular weight excluding hydrogens is 254 g/mol. The number of rotatable bonds is 0. The van der Waals surface area contributed by atoms with Gasteiger partial charge >= 0.3 is 0 Å². The zero-order valence-electron chi connectivity index (χ0n) is 11.1.